The van der Waals surface area contributed by atoms with Crippen LogP contribution in [-0.2, 0) is 22.4 Å². The number of aliphatic carboxylic acids is 1. The minimum absolute atomic E-state index is 0.208. The van der Waals surface area contributed by atoms with Crippen molar-refractivity contribution in [3.05, 3.63) is 39.2 Å². The second-order valence-electron chi connectivity index (χ2n) is 6.45. The number of carbonyl (C=O) groups excluding carboxylic acids is 2. The van der Waals surface area contributed by atoms with E-state index in [1.54, 1.807) is 19.2 Å². The first-order valence-corrected chi connectivity index (χ1v) is 10.0. The molecule has 0 saturated heterocycles. The molecule has 144 valence electrons. The molecule has 0 fully saturated rings. The first-order chi connectivity index (χ1) is 12.9. The Hall–Kier alpha value is -2.48. The second kappa shape index (κ2) is 8.04. The average molecular weight is 390 g/mol. The van der Waals surface area contributed by atoms with E-state index in [1.807, 2.05) is 6.07 Å². The molecule has 0 radical (unpaired) electrons. The fourth-order valence-electron chi connectivity index (χ4n) is 3.33. The van der Waals surface area contributed by atoms with E-state index in [0.717, 1.165) is 35.8 Å². The number of ether oxygens (including phenoxy) is 1. The lowest BCUT2D eigenvalue weighted by Crippen LogP contribution is -2.50. The molecule has 0 spiro atoms. The number of carbonyl (C=O) groups is 2. The van der Waals surface area contributed by atoms with Crippen LogP contribution in [0.2, 0.25) is 0 Å². The van der Waals surface area contributed by atoms with Gasteiger partial charge in [0, 0.05) is 22.3 Å². The van der Waals surface area contributed by atoms with Gasteiger partial charge in [0.05, 0.1) is 12.0 Å². The molecule has 8 heteroatoms. The molecule has 1 aromatic heterocycles. The van der Waals surface area contributed by atoms with Gasteiger partial charge in [0.25, 0.3) is 5.91 Å². The number of benzene rings is 1. The van der Waals surface area contributed by atoms with Crippen LogP contribution >= 0.6 is 11.8 Å². The van der Waals surface area contributed by atoms with E-state index >= 15 is 0 Å². The summed E-state index contributed by atoms with van der Waals surface area (Å²) in [5, 5.41) is 14.3. The minimum Gasteiger partial charge on any atom is -0.548 e. The molecule has 27 heavy (non-hydrogen) atoms. The number of thioether (sulfide) groups is 1. The van der Waals surface area contributed by atoms with Gasteiger partial charge >= 0.3 is 5.63 Å². The van der Waals surface area contributed by atoms with Crippen LogP contribution in [0, 0.1) is 6.92 Å². The topological polar surface area (TPSA) is 109 Å². The summed E-state index contributed by atoms with van der Waals surface area (Å²) in [5.41, 5.74) is 2.56. The first-order valence-electron chi connectivity index (χ1n) is 8.62. The van der Waals surface area contributed by atoms with Crippen LogP contribution in [0.5, 0.6) is 5.75 Å². The Morgan fingerprint density at radius 3 is 2.78 bits per heavy atom. The van der Waals surface area contributed by atoms with E-state index in [1.165, 1.54) is 11.8 Å². The number of hydrogen-bond donors (Lipinski definition) is 1. The zero-order chi connectivity index (χ0) is 19.6. The van der Waals surface area contributed by atoms with E-state index in [9.17, 15) is 19.5 Å². The molecule has 7 nitrogen and oxygen atoms in total. The normalized spacial score (nSPS) is 14.0. The van der Waals surface area contributed by atoms with Crippen molar-refractivity contribution in [1.29, 1.82) is 0 Å². The molecule has 1 amide bonds. The molecular weight excluding hydrogens is 370 g/mol. The van der Waals surface area contributed by atoms with Crippen molar-refractivity contribution >= 4 is 34.6 Å². The van der Waals surface area contributed by atoms with E-state index in [4.69, 9.17) is 9.15 Å². The number of carboxylic acids is 1. The summed E-state index contributed by atoms with van der Waals surface area (Å²) in [7, 11) is 0. The number of amides is 1. The number of aryl methyl sites for hydroxylation is 2. The summed E-state index contributed by atoms with van der Waals surface area (Å²) in [6, 6.07) is 2.50. The largest absolute Gasteiger partial charge is 0.548 e. The van der Waals surface area contributed by atoms with Crippen molar-refractivity contribution in [2.75, 3.05) is 18.6 Å². The summed E-state index contributed by atoms with van der Waals surface area (Å²) >= 11 is 1.29. The lowest BCUT2D eigenvalue weighted by molar-refractivity contribution is -0.307. The summed E-state index contributed by atoms with van der Waals surface area (Å²) < 4.78 is 11.0. The highest BCUT2D eigenvalue weighted by molar-refractivity contribution is 7.98. The van der Waals surface area contributed by atoms with Crippen LogP contribution in [0.15, 0.2) is 21.3 Å². The zero-order valence-electron chi connectivity index (χ0n) is 15.1. The van der Waals surface area contributed by atoms with Crippen molar-refractivity contribution in [2.45, 2.75) is 32.2 Å². The van der Waals surface area contributed by atoms with E-state index in [2.05, 4.69) is 5.32 Å². The summed E-state index contributed by atoms with van der Waals surface area (Å²) in [6.07, 6.45) is 4.26. The molecule has 1 aromatic carbocycles. The standard InChI is InChI=1S/C19H21NO6S/c1-10-15(25-8-16(21)20-14(9-27-2)18(22)23)7-6-12-11-4-3-5-13(11)19(24)26-17(10)12/h6-7,14H,3-5,8-9H2,1-2H3,(H,20,21)(H,22,23)/p-1/t14-/m0/s1. The lowest BCUT2D eigenvalue weighted by atomic mass is 10.0. The minimum atomic E-state index is -1.34. The molecule has 3 rings (SSSR count). The summed E-state index contributed by atoms with van der Waals surface area (Å²) in [5.74, 6) is -1.28. The molecule has 2 aromatic rings. The highest BCUT2D eigenvalue weighted by Crippen LogP contribution is 2.32. The number of hydrogen-bond acceptors (Lipinski definition) is 7. The van der Waals surface area contributed by atoms with Crippen LogP contribution in [0.4, 0.5) is 0 Å². The van der Waals surface area contributed by atoms with Crippen LogP contribution in [0.25, 0.3) is 11.0 Å². The zero-order valence-corrected chi connectivity index (χ0v) is 15.9. The van der Waals surface area contributed by atoms with Gasteiger partial charge < -0.3 is 24.4 Å². The van der Waals surface area contributed by atoms with Crippen molar-refractivity contribution in [3.8, 4) is 5.75 Å². The SMILES string of the molecule is CSC[C@H](NC(=O)COc1ccc2c3c(c(=O)oc2c1C)CCC3)C(=O)[O-]. The molecule has 1 atom stereocenters. The summed E-state index contributed by atoms with van der Waals surface area (Å²) in [4.78, 5) is 35.1. The van der Waals surface area contributed by atoms with Gasteiger partial charge in [0.2, 0.25) is 0 Å². The average Bonchev–Trinajstić information content (AvgIpc) is 3.12. The number of carboxylic acid groups (broad SMARTS) is 1. The van der Waals surface area contributed by atoms with Gasteiger partial charge in [-0.05, 0) is 50.1 Å². The molecule has 0 saturated carbocycles. The monoisotopic (exact) mass is 390 g/mol. The Morgan fingerprint density at radius 2 is 2.07 bits per heavy atom. The van der Waals surface area contributed by atoms with E-state index in [0.29, 0.717) is 16.9 Å². The lowest BCUT2D eigenvalue weighted by Gasteiger charge is -2.19. The highest BCUT2D eigenvalue weighted by Gasteiger charge is 2.21. The molecule has 1 aliphatic rings. The van der Waals surface area contributed by atoms with E-state index in [-0.39, 0.29) is 18.0 Å². The number of fused-ring (bicyclic) bond motifs is 3. The van der Waals surface area contributed by atoms with Gasteiger partial charge in [-0.25, -0.2) is 4.79 Å². The van der Waals surface area contributed by atoms with Gasteiger partial charge in [-0.3, -0.25) is 4.79 Å². The third kappa shape index (κ3) is 3.95. The molecule has 1 heterocycles. The predicted octanol–water partition coefficient (Wildman–Crippen LogP) is 0.567. The summed E-state index contributed by atoms with van der Waals surface area (Å²) in [6.45, 7) is 1.41. The number of rotatable bonds is 7. The van der Waals surface area contributed by atoms with Crippen molar-refractivity contribution in [1.82, 2.24) is 5.32 Å². The van der Waals surface area contributed by atoms with Crippen LogP contribution < -0.4 is 20.8 Å². The maximum Gasteiger partial charge on any atom is 0.339 e. The Labute approximate surface area is 160 Å². The second-order valence-corrected chi connectivity index (χ2v) is 7.36. The van der Waals surface area contributed by atoms with Crippen LogP contribution in [0.1, 0.15) is 23.1 Å². The Balaban J connectivity index is 1.77. The molecular formula is C19H20NO6S-. The Bertz CT molecular complexity index is 951. The fraction of sp³-hybridized carbons (Fsp3) is 0.421. The molecule has 0 unspecified atom stereocenters. The molecule has 0 bridgehead atoms. The number of nitrogens with one attached hydrogen (secondary N) is 1. The quantitative estimate of drug-likeness (QED) is 0.688. The smallest absolute Gasteiger partial charge is 0.339 e. The van der Waals surface area contributed by atoms with Crippen LogP contribution in [-0.4, -0.2) is 36.5 Å². The highest BCUT2D eigenvalue weighted by atomic mass is 32.2. The Kier molecular flexibility index (Phi) is 5.74. The van der Waals surface area contributed by atoms with Gasteiger partial charge in [-0.1, -0.05) is 0 Å². The van der Waals surface area contributed by atoms with Gasteiger partial charge in [-0.2, -0.15) is 11.8 Å². The van der Waals surface area contributed by atoms with E-state index < -0.39 is 17.9 Å². The third-order valence-corrected chi connectivity index (χ3v) is 5.32. The molecule has 0 aliphatic heterocycles. The maximum atomic E-state index is 12.2. The van der Waals surface area contributed by atoms with Gasteiger partial charge in [0.1, 0.15) is 11.3 Å². The van der Waals surface area contributed by atoms with Crippen molar-refractivity contribution < 1.29 is 23.8 Å². The molecule has 1 aliphatic carbocycles. The van der Waals surface area contributed by atoms with Crippen molar-refractivity contribution in [3.63, 3.8) is 0 Å². The van der Waals surface area contributed by atoms with Gasteiger partial charge in [-0.15, -0.1) is 0 Å². The van der Waals surface area contributed by atoms with Crippen LogP contribution in [0.3, 0.4) is 0 Å². The third-order valence-electron chi connectivity index (χ3n) is 4.65. The predicted molar refractivity (Wildman–Crippen MR) is 100 cm³/mol. The van der Waals surface area contributed by atoms with Crippen molar-refractivity contribution in [2.24, 2.45) is 0 Å². The van der Waals surface area contributed by atoms with Gasteiger partial charge in [0.15, 0.2) is 6.61 Å². The maximum absolute atomic E-state index is 12.2. The first kappa shape index (κ1) is 19.3. The molecule has 1 N–H and O–H groups in total. The Morgan fingerprint density at radius 1 is 1.33 bits per heavy atom. The fourth-order valence-corrected chi connectivity index (χ4v) is 3.89.